The second kappa shape index (κ2) is 8.94. The van der Waals surface area contributed by atoms with Gasteiger partial charge < -0.3 is 5.11 Å². The quantitative estimate of drug-likeness (QED) is 0.296. The van der Waals surface area contributed by atoms with Crippen molar-refractivity contribution in [3.05, 3.63) is 94.5 Å². The zero-order valence-electron chi connectivity index (χ0n) is 16.7. The van der Waals surface area contributed by atoms with E-state index in [2.05, 4.69) is 15.0 Å². The van der Waals surface area contributed by atoms with Gasteiger partial charge in [-0.2, -0.15) is 0 Å². The lowest BCUT2D eigenvalue weighted by atomic mass is 9.93. The van der Waals surface area contributed by atoms with Crippen LogP contribution in [0.3, 0.4) is 0 Å². The van der Waals surface area contributed by atoms with Crippen molar-refractivity contribution in [1.82, 2.24) is 0 Å². The molecule has 162 valence electrons. The van der Waals surface area contributed by atoms with Gasteiger partial charge in [0.1, 0.15) is 11.4 Å². The van der Waals surface area contributed by atoms with Gasteiger partial charge in [0.2, 0.25) is 0 Å². The third-order valence-electron chi connectivity index (χ3n) is 4.95. The monoisotopic (exact) mass is 467 g/mol. The van der Waals surface area contributed by atoms with Gasteiger partial charge in [0.05, 0.1) is 10.6 Å². The van der Waals surface area contributed by atoms with Gasteiger partial charge in [-0.05, 0) is 60.9 Å². The van der Waals surface area contributed by atoms with Gasteiger partial charge in [-0.25, -0.2) is 8.42 Å². The van der Waals surface area contributed by atoms with Gasteiger partial charge in [-0.1, -0.05) is 42.0 Å². The molecule has 0 unspecified atom stereocenters. The molecule has 1 aliphatic carbocycles. The number of halogens is 1. The number of benzene rings is 3. The number of fused-ring (bicyclic) bond motifs is 1. The van der Waals surface area contributed by atoms with Crippen LogP contribution >= 0.6 is 11.6 Å². The van der Waals surface area contributed by atoms with Crippen LogP contribution < -0.4 is 4.72 Å². The molecule has 1 amide bonds. The molecule has 3 aromatic rings. The molecule has 0 fully saturated rings. The Labute approximate surface area is 190 Å². The largest absolute Gasteiger partial charge is 0.505 e. The highest BCUT2D eigenvalue weighted by molar-refractivity contribution is 7.92. The van der Waals surface area contributed by atoms with Crippen molar-refractivity contribution in [3.63, 3.8) is 0 Å². The van der Waals surface area contributed by atoms with Crippen LogP contribution in [0.5, 0.6) is 5.75 Å². The first kappa shape index (κ1) is 21.7. The SMILES string of the molecule is O=C(N=Nc1cc(NS(=O)(=O)c2ccc(Cl)cc2)c2c(c1O)CC=CC2)c1ccccc1. The summed E-state index contributed by atoms with van der Waals surface area (Å²) in [4.78, 5) is 12.3. The Hall–Kier alpha value is -3.49. The van der Waals surface area contributed by atoms with Crippen LogP contribution in [0, 0.1) is 0 Å². The Morgan fingerprint density at radius 1 is 0.969 bits per heavy atom. The van der Waals surface area contributed by atoms with Crippen molar-refractivity contribution >= 4 is 38.9 Å². The molecule has 0 atom stereocenters. The summed E-state index contributed by atoms with van der Waals surface area (Å²) in [6.45, 7) is 0. The van der Waals surface area contributed by atoms with Crippen LogP contribution in [0.15, 0.2) is 87.9 Å². The fourth-order valence-electron chi connectivity index (χ4n) is 3.33. The number of rotatable bonds is 5. The van der Waals surface area contributed by atoms with E-state index in [-0.39, 0.29) is 22.0 Å². The van der Waals surface area contributed by atoms with Crippen molar-refractivity contribution in [2.45, 2.75) is 17.7 Å². The number of aromatic hydroxyl groups is 1. The molecule has 0 saturated heterocycles. The van der Waals surface area contributed by atoms with Crippen LogP contribution in [-0.4, -0.2) is 19.4 Å². The maximum absolute atomic E-state index is 12.9. The number of phenols is 1. The third kappa shape index (κ3) is 4.56. The Morgan fingerprint density at radius 2 is 1.62 bits per heavy atom. The Bertz CT molecular complexity index is 1340. The molecule has 0 saturated carbocycles. The van der Waals surface area contributed by atoms with Crippen molar-refractivity contribution in [1.29, 1.82) is 0 Å². The van der Waals surface area contributed by atoms with E-state index in [4.69, 9.17) is 11.6 Å². The van der Waals surface area contributed by atoms with Gasteiger partial charge in [-0.15, -0.1) is 10.2 Å². The van der Waals surface area contributed by atoms with Crippen molar-refractivity contribution < 1.29 is 18.3 Å². The summed E-state index contributed by atoms with van der Waals surface area (Å²) in [5.74, 6) is -0.714. The van der Waals surface area contributed by atoms with Gasteiger partial charge in [0, 0.05) is 16.1 Å². The number of nitrogens with one attached hydrogen (secondary N) is 1. The van der Waals surface area contributed by atoms with Crippen LogP contribution in [-0.2, 0) is 22.9 Å². The fraction of sp³-hybridized carbons (Fsp3) is 0.0870. The summed E-state index contributed by atoms with van der Waals surface area (Å²) < 4.78 is 28.4. The molecule has 7 nitrogen and oxygen atoms in total. The van der Waals surface area contributed by atoms with Gasteiger partial charge in [0.15, 0.2) is 0 Å². The zero-order valence-corrected chi connectivity index (χ0v) is 18.3. The highest BCUT2D eigenvalue weighted by Gasteiger charge is 2.23. The number of nitrogens with zero attached hydrogens (tertiary/aromatic N) is 2. The number of anilines is 1. The zero-order chi connectivity index (χ0) is 22.7. The normalized spacial score (nSPS) is 13.2. The minimum absolute atomic E-state index is 0.00265. The van der Waals surface area contributed by atoms with Crippen molar-refractivity contribution in [3.8, 4) is 5.75 Å². The minimum Gasteiger partial charge on any atom is -0.505 e. The number of allylic oxidation sites excluding steroid dienone is 2. The lowest BCUT2D eigenvalue weighted by Gasteiger charge is -2.19. The van der Waals surface area contributed by atoms with E-state index in [0.29, 0.717) is 34.6 Å². The van der Waals surface area contributed by atoms with E-state index in [1.54, 1.807) is 30.3 Å². The van der Waals surface area contributed by atoms with E-state index < -0.39 is 15.9 Å². The van der Waals surface area contributed by atoms with Crippen LogP contribution in [0.4, 0.5) is 11.4 Å². The Kier molecular flexibility index (Phi) is 6.07. The molecule has 9 heteroatoms. The lowest BCUT2D eigenvalue weighted by Crippen LogP contribution is -2.15. The molecule has 0 heterocycles. The van der Waals surface area contributed by atoms with E-state index in [1.165, 1.54) is 30.3 Å². The molecule has 0 bridgehead atoms. The van der Waals surface area contributed by atoms with Crippen LogP contribution in [0.2, 0.25) is 5.02 Å². The summed E-state index contributed by atoms with van der Waals surface area (Å²) >= 11 is 5.86. The predicted octanol–water partition coefficient (Wildman–Crippen LogP) is 5.43. The van der Waals surface area contributed by atoms with Crippen molar-refractivity contribution in [2.24, 2.45) is 10.2 Å². The first-order valence-electron chi connectivity index (χ1n) is 9.67. The average Bonchev–Trinajstić information content (AvgIpc) is 2.80. The maximum Gasteiger partial charge on any atom is 0.295 e. The summed E-state index contributed by atoms with van der Waals surface area (Å²) in [5, 5.41) is 18.7. The number of sulfonamides is 1. The summed E-state index contributed by atoms with van der Waals surface area (Å²) in [5.41, 5.74) is 1.77. The second-order valence-electron chi connectivity index (χ2n) is 7.06. The van der Waals surface area contributed by atoms with Gasteiger partial charge >= 0.3 is 0 Å². The highest BCUT2D eigenvalue weighted by atomic mass is 35.5. The highest BCUT2D eigenvalue weighted by Crippen LogP contribution is 2.41. The molecule has 1 aliphatic rings. The predicted molar refractivity (Wildman–Crippen MR) is 122 cm³/mol. The van der Waals surface area contributed by atoms with Crippen LogP contribution in [0.25, 0.3) is 0 Å². The minimum atomic E-state index is -3.92. The summed E-state index contributed by atoms with van der Waals surface area (Å²) in [7, 11) is -3.92. The standard InChI is InChI=1S/C23H18ClN3O4S/c24-16-10-12-17(13-11-16)32(30,31)27-20-14-21(22(28)19-9-5-4-8-18(19)20)25-26-23(29)15-6-2-1-3-7-15/h1-7,10-14,27-28H,8-9H2. The number of carbonyl (C=O) groups is 1. The molecule has 0 aromatic heterocycles. The first-order chi connectivity index (χ1) is 15.3. The fourth-order valence-corrected chi connectivity index (χ4v) is 4.54. The molecular weight excluding hydrogens is 450 g/mol. The molecule has 0 radical (unpaired) electrons. The molecule has 0 spiro atoms. The average molecular weight is 468 g/mol. The van der Waals surface area contributed by atoms with E-state index in [9.17, 15) is 18.3 Å². The van der Waals surface area contributed by atoms with E-state index >= 15 is 0 Å². The summed E-state index contributed by atoms with van der Waals surface area (Å²) in [6.07, 6.45) is 4.59. The van der Waals surface area contributed by atoms with E-state index in [1.807, 2.05) is 12.2 Å². The molecule has 0 aliphatic heterocycles. The summed E-state index contributed by atoms with van der Waals surface area (Å²) in [6, 6.07) is 15.5. The third-order valence-corrected chi connectivity index (χ3v) is 6.58. The Morgan fingerprint density at radius 3 is 2.31 bits per heavy atom. The number of azo groups is 1. The Balaban J connectivity index is 1.72. The van der Waals surface area contributed by atoms with E-state index in [0.717, 1.165) is 0 Å². The molecular formula is C23H18ClN3O4S. The number of phenolic OH excluding ortho intramolecular Hbond substituents is 1. The molecule has 32 heavy (non-hydrogen) atoms. The molecule has 4 rings (SSSR count). The lowest BCUT2D eigenvalue weighted by molar-refractivity contribution is 0.0995. The first-order valence-corrected chi connectivity index (χ1v) is 11.5. The molecule has 3 aromatic carbocycles. The van der Waals surface area contributed by atoms with Gasteiger partial charge in [0.25, 0.3) is 15.9 Å². The van der Waals surface area contributed by atoms with Crippen LogP contribution in [0.1, 0.15) is 21.5 Å². The number of hydrogen-bond acceptors (Lipinski definition) is 5. The number of carbonyl (C=O) groups excluding carboxylic acids is 1. The van der Waals surface area contributed by atoms with Crippen molar-refractivity contribution in [2.75, 3.05) is 4.72 Å². The number of amides is 1. The molecule has 2 N–H and O–H groups in total. The maximum atomic E-state index is 12.9. The van der Waals surface area contributed by atoms with Gasteiger partial charge in [-0.3, -0.25) is 9.52 Å². The number of hydrogen-bond donors (Lipinski definition) is 2. The second-order valence-corrected chi connectivity index (χ2v) is 9.18. The topological polar surface area (TPSA) is 108 Å². The smallest absolute Gasteiger partial charge is 0.295 e.